The molecule has 1 amide bonds. The first-order valence-electron chi connectivity index (χ1n) is 8.88. The van der Waals surface area contributed by atoms with E-state index in [9.17, 15) is 4.79 Å². The van der Waals surface area contributed by atoms with Gasteiger partial charge in [0.05, 0.1) is 29.0 Å². The van der Waals surface area contributed by atoms with E-state index >= 15 is 0 Å². The maximum atomic E-state index is 12.3. The van der Waals surface area contributed by atoms with Crippen molar-refractivity contribution in [2.45, 2.75) is 13.0 Å². The van der Waals surface area contributed by atoms with E-state index in [2.05, 4.69) is 39.6 Å². The molecule has 0 aliphatic heterocycles. The third-order valence-corrected chi connectivity index (χ3v) is 4.50. The van der Waals surface area contributed by atoms with Gasteiger partial charge in [-0.2, -0.15) is 0 Å². The summed E-state index contributed by atoms with van der Waals surface area (Å²) in [4.78, 5) is 21.1. The number of carbonyl (C=O) groups is 1. The van der Waals surface area contributed by atoms with Gasteiger partial charge in [-0.05, 0) is 47.5 Å². The molecule has 0 saturated carbocycles. The van der Waals surface area contributed by atoms with Crippen molar-refractivity contribution in [3.8, 4) is 0 Å². The normalized spacial score (nSPS) is 12.5. The highest BCUT2D eigenvalue weighted by atomic mass is 16.1. The summed E-state index contributed by atoms with van der Waals surface area (Å²) in [5.41, 5.74) is 3.37. The third-order valence-electron chi connectivity index (χ3n) is 4.50. The zero-order valence-electron chi connectivity index (χ0n) is 15.0. The summed E-state index contributed by atoms with van der Waals surface area (Å²) in [6.45, 7) is 1.98. The fourth-order valence-corrected chi connectivity index (χ4v) is 3.03. The second-order valence-corrected chi connectivity index (χ2v) is 6.45. The molecule has 27 heavy (non-hydrogen) atoms. The molecular weight excluding hydrogens is 334 g/mol. The van der Waals surface area contributed by atoms with Gasteiger partial charge in [0, 0.05) is 6.08 Å². The number of fused-ring (bicyclic) bond motifs is 2. The molecule has 3 aromatic carbocycles. The monoisotopic (exact) mass is 353 g/mol. The molecule has 4 aromatic rings. The van der Waals surface area contributed by atoms with Crippen molar-refractivity contribution in [1.29, 1.82) is 0 Å². The molecular formula is C23H19N3O. The van der Waals surface area contributed by atoms with Gasteiger partial charge >= 0.3 is 0 Å². The van der Waals surface area contributed by atoms with Crippen LogP contribution in [0.15, 0.2) is 79.0 Å². The van der Waals surface area contributed by atoms with Gasteiger partial charge in [-0.25, -0.2) is 4.98 Å². The molecule has 0 fully saturated rings. The minimum atomic E-state index is -0.161. The summed E-state index contributed by atoms with van der Waals surface area (Å²) in [5.74, 6) is -0.161. The van der Waals surface area contributed by atoms with Crippen LogP contribution in [0.5, 0.6) is 0 Å². The van der Waals surface area contributed by atoms with Crippen LogP contribution in [0.3, 0.4) is 0 Å². The van der Waals surface area contributed by atoms with Crippen LogP contribution in [0, 0.1) is 0 Å². The molecule has 1 atom stereocenters. The first-order chi connectivity index (χ1) is 13.2. The van der Waals surface area contributed by atoms with E-state index in [1.807, 2.05) is 49.4 Å². The highest BCUT2D eigenvalue weighted by molar-refractivity contribution is 5.92. The Morgan fingerprint density at radius 2 is 1.70 bits per heavy atom. The van der Waals surface area contributed by atoms with Gasteiger partial charge in [0.25, 0.3) is 0 Å². The van der Waals surface area contributed by atoms with Crippen molar-refractivity contribution in [2.24, 2.45) is 0 Å². The number of hydrogen-bond acceptors (Lipinski definition) is 3. The molecule has 4 rings (SSSR count). The van der Waals surface area contributed by atoms with Gasteiger partial charge in [-0.15, -0.1) is 0 Å². The summed E-state index contributed by atoms with van der Waals surface area (Å²) in [6.07, 6.45) is 4.84. The van der Waals surface area contributed by atoms with E-state index in [0.717, 1.165) is 22.0 Å². The molecule has 4 heteroatoms. The van der Waals surface area contributed by atoms with E-state index in [1.165, 1.54) is 11.5 Å². The van der Waals surface area contributed by atoms with E-state index < -0.39 is 0 Å². The second-order valence-electron chi connectivity index (χ2n) is 6.45. The van der Waals surface area contributed by atoms with Crippen LogP contribution in [-0.4, -0.2) is 15.9 Å². The lowest BCUT2D eigenvalue weighted by Crippen LogP contribution is -2.24. The smallest absolute Gasteiger partial charge is 0.244 e. The fraction of sp³-hybridized carbons (Fsp3) is 0.0870. The number of benzene rings is 3. The number of rotatable bonds is 4. The first kappa shape index (κ1) is 16.9. The topological polar surface area (TPSA) is 54.9 Å². The van der Waals surface area contributed by atoms with Gasteiger partial charge < -0.3 is 5.32 Å². The summed E-state index contributed by atoms with van der Waals surface area (Å²) in [5, 5.41) is 5.35. The highest BCUT2D eigenvalue weighted by Crippen LogP contribution is 2.20. The number of nitrogens with one attached hydrogen (secondary N) is 1. The highest BCUT2D eigenvalue weighted by Gasteiger charge is 2.08. The van der Waals surface area contributed by atoms with E-state index in [-0.39, 0.29) is 11.9 Å². The Labute approximate surface area is 157 Å². The lowest BCUT2D eigenvalue weighted by molar-refractivity contribution is -0.117. The molecule has 1 N–H and O–H groups in total. The minimum absolute atomic E-state index is 0.0885. The largest absolute Gasteiger partial charge is 0.346 e. The van der Waals surface area contributed by atoms with Crippen LogP contribution in [0.4, 0.5) is 0 Å². The summed E-state index contributed by atoms with van der Waals surface area (Å²) >= 11 is 0. The van der Waals surface area contributed by atoms with Crippen molar-refractivity contribution in [1.82, 2.24) is 15.3 Å². The molecule has 1 aromatic heterocycles. The standard InChI is InChI=1S/C23H19N3O/c1-16(18-11-10-17-6-2-3-7-19(17)14-18)25-23(27)13-12-20-15-24-21-8-4-5-9-22(21)26-20/h2-16H,1H3,(H,25,27)/b13-12+/t16-/m0/s1. The van der Waals surface area contributed by atoms with Crippen molar-refractivity contribution in [3.05, 3.63) is 90.3 Å². The molecule has 0 bridgehead atoms. The number of hydrogen-bond donors (Lipinski definition) is 1. The summed E-state index contributed by atoms with van der Waals surface area (Å²) in [6, 6.07) is 22.0. The first-order valence-corrected chi connectivity index (χ1v) is 8.88. The molecule has 0 aliphatic rings. The van der Waals surface area contributed by atoms with E-state index in [0.29, 0.717) is 5.69 Å². The molecule has 0 aliphatic carbocycles. The van der Waals surface area contributed by atoms with Crippen LogP contribution in [0.2, 0.25) is 0 Å². The summed E-state index contributed by atoms with van der Waals surface area (Å²) < 4.78 is 0. The average Bonchev–Trinajstić information content (AvgIpc) is 2.71. The Kier molecular flexibility index (Phi) is 4.62. The quantitative estimate of drug-likeness (QED) is 0.542. The number of nitrogens with zero attached hydrogens (tertiary/aromatic N) is 2. The Morgan fingerprint density at radius 1 is 0.963 bits per heavy atom. The van der Waals surface area contributed by atoms with E-state index in [4.69, 9.17) is 0 Å². The lowest BCUT2D eigenvalue weighted by atomic mass is 10.0. The van der Waals surface area contributed by atoms with Gasteiger partial charge in [0.2, 0.25) is 5.91 Å². The minimum Gasteiger partial charge on any atom is -0.346 e. The van der Waals surface area contributed by atoms with E-state index in [1.54, 1.807) is 12.3 Å². The predicted molar refractivity (Wildman–Crippen MR) is 109 cm³/mol. The Bertz CT molecular complexity index is 1150. The molecule has 0 radical (unpaired) electrons. The van der Waals surface area contributed by atoms with Crippen LogP contribution >= 0.6 is 0 Å². The number of amides is 1. The SMILES string of the molecule is C[C@H](NC(=O)/C=C/c1cnc2ccccc2n1)c1ccc2ccccc2c1. The summed E-state index contributed by atoms with van der Waals surface area (Å²) in [7, 11) is 0. The van der Waals surface area contributed by atoms with Crippen molar-refractivity contribution in [2.75, 3.05) is 0 Å². The van der Waals surface area contributed by atoms with Crippen molar-refractivity contribution >= 4 is 33.8 Å². The number of aromatic nitrogens is 2. The second kappa shape index (κ2) is 7.38. The van der Waals surface area contributed by atoms with Gasteiger partial charge in [0.1, 0.15) is 0 Å². The average molecular weight is 353 g/mol. The Hall–Kier alpha value is -3.53. The lowest BCUT2D eigenvalue weighted by Gasteiger charge is -2.13. The Morgan fingerprint density at radius 3 is 2.56 bits per heavy atom. The van der Waals surface area contributed by atoms with Gasteiger partial charge in [0.15, 0.2) is 0 Å². The van der Waals surface area contributed by atoms with Crippen LogP contribution in [0.1, 0.15) is 24.2 Å². The molecule has 0 spiro atoms. The van der Waals surface area contributed by atoms with Crippen LogP contribution < -0.4 is 5.32 Å². The molecule has 0 unspecified atom stereocenters. The maximum Gasteiger partial charge on any atom is 0.244 e. The fourth-order valence-electron chi connectivity index (χ4n) is 3.03. The predicted octanol–water partition coefficient (Wildman–Crippen LogP) is 4.67. The zero-order chi connectivity index (χ0) is 18.6. The van der Waals surface area contributed by atoms with Crippen LogP contribution in [-0.2, 0) is 4.79 Å². The van der Waals surface area contributed by atoms with Gasteiger partial charge in [-0.3, -0.25) is 9.78 Å². The zero-order valence-corrected chi connectivity index (χ0v) is 15.0. The van der Waals surface area contributed by atoms with Crippen molar-refractivity contribution < 1.29 is 4.79 Å². The Balaban J connectivity index is 1.46. The number of para-hydroxylation sites is 2. The van der Waals surface area contributed by atoms with Gasteiger partial charge in [-0.1, -0.05) is 48.5 Å². The maximum absolute atomic E-state index is 12.3. The molecule has 132 valence electrons. The molecule has 0 saturated heterocycles. The molecule has 4 nitrogen and oxygen atoms in total. The number of carbonyl (C=O) groups excluding carboxylic acids is 1. The molecule has 1 heterocycles. The van der Waals surface area contributed by atoms with Crippen molar-refractivity contribution in [3.63, 3.8) is 0 Å². The van der Waals surface area contributed by atoms with Crippen LogP contribution in [0.25, 0.3) is 27.9 Å². The third kappa shape index (κ3) is 3.85.